The standard InChI is InChI=1S/C10H21N3O5/c1-13(2)4-6-18-5-3-11-10(17)12-7-8(14)9(15)16/h8,14H,3-7H2,1-2H3,(H,15,16)(H2,11,12,17)/t8-/m0/s1. The molecule has 0 saturated heterocycles. The molecule has 0 heterocycles. The van der Waals surface area contributed by atoms with E-state index in [0.717, 1.165) is 6.54 Å². The number of hydrogen-bond donors (Lipinski definition) is 4. The molecule has 8 heteroatoms. The fourth-order valence-electron chi connectivity index (χ4n) is 0.925. The maximum absolute atomic E-state index is 11.1. The molecule has 0 aromatic rings. The fraction of sp³-hybridized carbons (Fsp3) is 0.800. The van der Waals surface area contributed by atoms with Crippen molar-refractivity contribution in [2.45, 2.75) is 6.10 Å². The molecule has 106 valence electrons. The van der Waals surface area contributed by atoms with Gasteiger partial charge in [0.1, 0.15) is 0 Å². The third-order valence-electron chi connectivity index (χ3n) is 1.96. The molecule has 2 amide bonds. The van der Waals surface area contributed by atoms with Gasteiger partial charge in [-0.2, -0.15) is 0 Å². The molecular weight excluding hydrogens is 242 g/mol. The zero-order valence-corrected chi connectivity index (χ0v) is 10.7. The Kier molecular flexibility index (Phi) is 8.89. The Labute approximate surface area is 106 Å². The number of urea groups is 1. The lowest BCUT2D eigenvalue weighted by molar-refractivity contribution is -0.146. The highest BCUT2D eigenvalue weighted by Gasteiger charge is 2.13. The SMILES string of the molecule is CN(C)CCOCCNC(=O)NC[C@H](O)C(=O)O. The van der Waals surface area contributed by atoms with E-state index in [1.54, 1.807) is 0 Å². The molecule has 0 bridgehead atoms. The zero-order chi connectivity index (χ0) is 14.0. The van der Waals surface area contributed by atoms with E-state index in [2.05, 4.69) is 10.6 Å². The van der Waals surface area contributed by atoms with Crippen molar-refractivity contribution in [1.82, 2.24) is 15.5 Å². The van der Waals surface area contributed by atoms with E-state index in [-0.39, 0.29) is 6.54 Å². The number of carboxylic acids is 1. The molecule has 0 aromatic heterocycles. The molecule has 0 spiro atoms. The Hall–Kier alpha value is -1.38. The number of carbonyl (C=O) groups excluding carboxylic acids is 1. The minimum Gasteiger partial charge on any atom is -0.479 e. The highest BCUT2D eigenvalue weighted by molar-refractivity contribution is 5.76. The summed E-state index contributed by atoms with van der Waals surface area (Å²) in [6.07, 6.45) is -1.59. The van der Waals surface area contributed by atoms with Crippen molar-refractivity contribution in [3.8, 4) is 0 Å². The number of nitrogens with zero attached hydrogens (tertiary/aromatic N) is 1. The van der Waals surface area contributed by atoms with Gasteiger partial charge in [-0.25, -0.2) is 9.59 Å². The van der Waals surface area contributed by atoms with Crippen LogP contribution in [-0.2, 0) is 9.53 Å². The number of aliphatic hydroxyl groups excluding tert-OH is 1. The van der Waals surface area contributed by atoms with Gasteiger partial charge < -0.3 is 30.5 Å². The molecule has 0 aliphatic rings. The first-order valence-electron chi connectivity index (χ1n) is 5.58. The third kappa shape index (κ3) is 9.82. The number of nitrogens with one attached hydrogen (secondary N) is 2. The number of amides is 2. The summed E-state index contributed by atoms with van der Waals surface area (Å²) in [5, 5.41) is 22.0. The van der Waals surface area contributed by atoms with Crippen molar-refractivity contribution in [3.05, 3.63) is 0 Å². The Balaban J connectivity index is 3.40. The van der Waals surface area contributed by atoms with Crippen molar-refractivity contribution in [1.29, 1.82) is 0 Å². The molecule has 0 aliphatic heterocycles. The van der Waals surface area contributed by atoms with E-state index in [1.165, 1.54) is 0 Å². The molecule has 1 atom stereocenters. The molecular formula is C10H21N3O5. The van der Waals surface area contributed by atoms with Gasteiger partial charge in [-0.3, -0.25) is 0 Å². The minimum absolute atomic E-state index is 0.322. The zero-order valence-electron chi connectivity index (χ0n) is 10.7. The number of likely N-dealkylation sites (N-methyl/N-ethyl adjacent to an activating group) is 1. The molecule has 0 radical (unpaired) electrons. The highest BCUT2D eigenvalue weighted by atomic mass is 16.5. The predicted octanol–water partition coefficient (Wildman–Crippen LogP) is -1.69. The van der Waals surface area contributed by atoms with Crippen LogP contribution in [0.4, 0.5) is 4.79 Å². The number of rotatable bonds is 9. The van der Waals surface area contributed by atoms with Crippen LogP contribution in [0, 0.1) is 0 Å². The van der Waals surface area contributed by atoms with E-state index in [4.69, 9.17) is 14.9 Å². The number of ether oxygens (including phenoxy) is 1. The van der Waals surface area contributed by atoms with Crippen LogP contribution in [0.2, 0.25) is 0 Å². The number of aliphatic carboxylic acids is 1. The van der Waals surface area contributed by atoms with Crippen LogP contribution < -0.4 is 10.6 Å². The largest absolute Gasteiger partial charge is 0.479 e. The summed E-state index contributed by atoms with van der Waals surface area (Å²) in [5.41, 5.74) is 0. The van der Waals surface area contributed by atoms with E-state index >= 15 is 0 Å². The lowest BCUT2D eigenvalue weighted by Gasteiger charge is -2.11. The minimum atomic E-state index is -1.59. The second-order valence-electron chi connectivity index (χ2n) is 3.91. The van der Waals surface area contributed by atoms with Gasteiger partial charge in [-0.15, -0.1) is 0 Å². The van der Waals surface area contributed by atoms with Crippen molar-refractivity contribution in [2.75, 3.05) is 46.9 Å². The molecule has 4 N–H and O–H groups in total. The van der Waals surface area contributed by atoms with Crippen LogP contribution in [0.25, 0.3) is 0 Å². The average Bonchev–Trinajstić information content (AvgIpc) is 2.29. The van der Waals surface area contributed by atoms with E-state index in [0.29, 0.717) is 19.8 Å². The van der Waals surface area contributed by atoms with E-state index in [1.807, 2.05) is 19.0 Å². The lowest BCUT2D eigenvalue weighted by Crippen LogP contribution is -2.43. The molecule has 18 heavy (non-hydrogen) atoms. The van der Waals surface area contributed by atoms with Crippen LogP contribution in [0.15, 0.2) is 0 Å². The van der Waals surface area contributed by atoms with E-state index in [9.17, 15) is 9.59 Å². The van der Waals surface area contributed by atoms with Crippen molar-refractivity contribution < 1.29 is 24.5 Å². The van der Waals surface area contributed by atoms with Gasteiger partial charge in [0.05, 0.1) is 19.8 Å². The van der Waals surface area contributed by atoms with Gasteiger partial charge in [0, 0.05) is 13.1 Å². The Morgan fingerprint density at radius 3 is 2.50 bits per heavy atom. The fourth-order valence-corrected chi connectivity index (χ4v) is 0.925. The summed E-state index contributed by atoms with van der Waals surface area (Å²) in [4.78, 5) is 23.4. The lowest BCUT2D eigenvalue weighted by atomic mass is 10.4. The first-order valence-corrected chi connectivity index (χ1v) is 5.58. The average molecular weight is 263 g/mol. The smallest absolute Gasteiger partial charge is 0.334 e. The van der Waals surface area contributed by atoms with Crippen LogP contribution in [0.5, 0.6) is 0 Å². The van der Waals surface area contributed by atoms with Gasteiger partial charge in [0.25, 0.3) is 0 Å². The predicted molar refractivity (Wildman–Crippen MR) is 64.4 cm³/mol. The quantitative estimate of drug-likeness (QED) is 0.369. The van der Waals surface area contributed by atoms with Gasteiger partial charge in [-0.1, -0.05) is 0 Å². The van der Waals surface area contributed by atoms with E-state index < -0.39 is 18.1 Å². The van der Waals surface area contributed by atoms with Gasteiger partial charge in [0.2, 0.25) is 0 Å². The Morgan fingerprint density at radius 1 is 1.28 bits per heavy atom. The highest BCUT2D eigenvalue weighted by Crippen LogP contribution is 1.80. The number of carboxylic acid groups (broad SMARTS) is 1. The van der Waals surface area contributed by atoms with Crippen LogP contribution >= 0.6 is 0 Å². The summed E-state index contributed by atoms with van der Waals surface area (Å²) >= 11 is 0. The first kappa shape index (κ1) is 16.6. The number of carbonyl (C=O) groups is 2. The molecule has 0 fully saturated rings. The van der Waals surface area contributed by atoms with Crippen LogP contribution in [0.1, 0.15) is 0 Å². The Morgan fingerprint density at radius 2 is 1.94 bits per heavy atom. The van der Waals surface area contributed by atoms with Gasteiger partial charge in [-0.05, 0) is 14.1 Å². The second-order valence-corrected chi connectivity index (χ2v) is 3.91. The molecule has 0 unspecified atom stereocenters. The molecule has 0 saturated carbocycles. The maximum atomic E-state index is 11.1. The molecule has 8 nitrogen and oxygen atoms in total. The van der Waals surface area contributed by atoms with Crippen LogP contribution in [-0.4, -0.2) is 80.2 Å². The normalized spacial score (nSPS) is 12.2. The number of aliphatic hydroxyl groups is 1. The molecule has 0 aromatic carbocycles. The summed E-state index contributed by atoms with van der Waals surface area (Å²) in [7, 11) is 3.87. The van der Waals surface area contributed by atoms with Gasteiger partial charge in [0.15, 0.2) is 6.10 Å². The summed E-state index contributed by atoms with van der Waals surface area (Å²) < 4.78 is 5.23. The van der Waals surface area contributed by atoms with Crippen molar-refractivity contribution in [3.63, 3.8) is 0 Å². The van der Waals surface area contributed by atoms with Crippen LogP contribution in [0.3, 0.4) is 0 Å². The Bertz CT molecular complexity index is 260. The topological polar surface area (TPSA) is 111 Å². The molecule has 0 rings (SSSR count). The number of hydrogen-bond acceptors (Lipinski definition) is 5. The first-order chi connectivity index (χ1) is 8.43. The maximum Gasteiger partial charge on any atom is 0.334 e. The van der Waals surface area contributed by atoms with Crippen molar-refractivity contribution >= 4 is 12.0 Å². The second kappa shape index (κ2) is 9.63. The summed E-state index contributed by atoms with van der Waals surface area (Å²) in [6, 6.07) is -0.536. The third-order valence-corrected chi connectivity index (χ3v) is 1.96. The van der Waals surface area contributed by atoms with Crippen molar-refractivity contribution in [2.24, 2.45) is 0 Å². The van der Waals surface area contributed by atoms with Gasteiger partial charge >= 0.3 is 12.0 Å². The summed E-state index contributed by atoms with van der Waals surface area (Å²) in [6.45, 7) is 1.75. The monoisotopic (exact) mass is 263 g/mol. The molecule has 0 aliphatic carbocycles. The summed E-state index contributed by atoms with van der Waals surface area (Å²) in [5.74, 6) is -1.37.